The van der Waals surface area contributed by atoms with E-state index in [1.807, 2.05) is 0 Å². The number of carbonyl (C=O) groups is 2. The van der Waals surface area contributed by atoms with Crippen molar-refractivity contribution in [2.24, 2.45) is 0 Å². The zero-order valence-corrected chi connectivity index (χ0v) is 22.4. The summed E-state index contributed by atoms with van der Waals surface area (Å²) in [6.07, 6.45) is 0. The second-order valence-electron chi connectivity index (χ2n) is 8.44. The van der Waals surface area contributed by atoms with Crippen LogP contribution in [0.5, 0.6) is 5.75 Å². The number of rotatable bonds is 12. The van der Waals surface area contributed by atoms with Gasteiger partial charge in [-0.25, -0.2) is 12.8 Å². The summed E-state index contributed by atoms with van der Waals surface area (Å²) in [5, 5.41) is 2.70. The van der Waals surface area contributed by atoms with Gasteiger partial charge in [-0.05, 0) is 62.7 Å². The van der Waals surface area contributed by atoms with Crippen LogP contribution in [0, 0.1) is 5.82 Å². The Morgan fingerprint density at radius 2 is 1.58 bits per heavy atom. The third kappa shape index (κ3) is 6.89. The van der Waals surface area contributed by atoms with Crippen LogP contribution in [0.1, 0.15) is 26.3 Å². The molecule has 0 aliphatic carbocycles. The Morgan fingerprint density at radius 1 is 0.947 bits per heavy atom. The maximum absolute atomic E-state index is 13.8. The number of nitrogens with zero attached hydrogens (tertiary/aromatic N) is 2. The molecule has 38 heavy (non-hydrogen) atoms. The lowest BCUT2D eigenvalue weighted by Crippen LogP contribution is -2.51. The van der Waals surface area contributed by atoms with E-state index < -0.39 is 40.2 Å². The van der Waals surface area contributed by atoms with E-state index in [0.717, 1.165) is 4.31 Å². The Hall–Kier alpha value is -3.92. The summed E-state index contributed by atoms with van der Waals surface area (Å²) < 4.78 is 47.8. The van der Waals surface area contributed by atoms with E-state index >= 15 is 0 Å². The molecule has 3 aromatic rings. The van der Waals surface area contributed by atoms with Crippen molar-refractivity contribution in [3.8, 4) is 5.75 Å². The molecule has 0 bridgehead atoms. The van der Waals surface area contributed by atoms with E-state index in [1.54, 1.807) is 63.2 Å². The highest BCUT2D eigenvalue weighted by Gasteiger charge is 2.33. The van der Waals surface area contributed by atoms with E-state index in [-0.39, 0.29) is 23.7 Å². The first-order valence-electron chi connectivity index (χ1n) is 12.3. The van der Waals surface area contributed by atoms with Crippen LogP contribution < -0.4 is 14.4 Å². The van der Waals surface area contributed by atoms with Crippen molar-refractivity contribution in [2.75, 3.05) is 24.0 Å². The first-order chi connectivity index (χ1) is 18.2. The van der Waals surface area contributed by atoms with Gasteiger partial charge in [0, 0.05) is 13.1 Å². The highest BCUT2D eigenvalue weighted by molar-refractivity contribution is 7.92. The van der Waals surface area contributed by atoms with Crippen molar-refractivity contribution in [3.63, 3.8) is 0 Å². The maximum atomic E-state index is 13.8. The summed E-state index contributed by atoms with van der Waals surface area (Å²) in [6, 6.07) is 19.0. The highest BCUT2D eigenvalue weighted by Crippen LogP contribution is 2.32. The van der Waals surface area contributed by atoms with Crippen LogP contribution in [0.15, 0.2) is 83.8 Å². The molecule has 0 aliphatic heterocycles. The molecule has 0 aromatic heterocycles. The number of benzene rings is 3. The van der Waals surface area contributed by atoms with Gasteiger partial charge in [0.05, 0.1) is 17.2 Å². The number of halogens is 1. The maximum Gasteiger partial charge on any atom is 0.264 e. The smallest absolute Gasteiger partial charge is 0.264 e. The number of likely N-dealkylation sites (N-methyl/N-ethyl adjacent to an activating group) is 1. The van der Waals surface area contributed by atoms with Crippen molar-refractivity contribution in [1.29, 1.82) is 0 Å². The summed E-state index contributed by atoms with van der Waals surface area (Å²) in [7, 11) is -4.20. The summed E-state index contributed by atoms with van der Waals surface area (Å²) >= 11 is 0. The normalized spacial score (nSPS) is 11.9. The SMILES string of the molecule is CCNC(=O)[C@H](C)N(Cc1ccc(F)cc1)C(=O)CN(c1ccccc1OCC)S(=O)(=O)c1ccccc1. The lowest BCUT2D eigenvalue weighted by Gasteiger charge is -2.32. The molecule has 0 spiro atoms. The lowest BCUT2D eigenvalue weighted by molar-refractivity contribution is -0.139. The number of hydrogen-bond donors (Lipinski definition) is 1. The number of para-hydroxylation sites is 2. The average molecular weight is 542 g/mol. The molecule has 1 atom stereocenters. The van der Waals surface area contributed by atoms with Crippen LogP contribution in [0.2, 0.25) is 0 Å². The predicted molar refractivity (Wildman–Crippen MR) is 144 cm³/mol. The van der Waals surface area contributed by atoms with E-state index in [1.165, 1.54) is 41.3 Å². The first-order valence-corrected chi connectivity index (χ1v) is 13.7. The van der Waals surface area contributed by atoms with Gasteiger partial charge in [-0.2, -0.15) is 0 Å². The Balaban J connectivity index is 2.06. The second-order valence-corrected chi connectivity index (χ2v) is 10.3. The molecule has 0 saturated carbocycles. The Morgan fingerprint density at radius 3 is 2.21 bits per heavy atom. The quantitative estimate of drug-likeness (QED) is 0.374. The van der Waals surface area contributed by atoms with Gasteiger partial charge in [0.25, 0.3) is 10.0 Å². The zero-order valence-electron chi connectivity index (χ0n) is 21.6. The van der Waals surface area contributed by atoms with Gasteiger partial charge in [-0.3, -0.25) is 13.9 Å². The molecule has 0 heterocycles. The van der Waals surface area contributed by atoms with Gasteiger partial charge in [0.15, 0.2) is 0 Å². The van der Waals surface area contributed by atoms with Gasteiger partial charge in [0.1, 0.15) is 24.2 Å². The van der Waals surface area contributed by atoms with E-state index in [0.29, 0.717) is 17.9 Å². The molecule has 3 aromatic carbocycles. The molecule has 0 unspecified atom stereocenters. The van der Waals surface area contributed by atoms with Crippen LogP contribution in [0.3, 0.4) is 0 Å². The lowest BCUT2D eigenvalue weighted by atomic mass is 10.1. The third-order valence-corrected chi connectivity index (χ3v) is 7.60. The van der Waals surface area contributed by atoms with Gasteiger partial charge < -0.3 is 15.0 Å². The van der Waals surface area contributed by atoms with Crippen LogP contribution >= 0.6 is 0 Å². The largest absolute Gasteiger partial charge is 0.492 e. The fraction of sp³-hybridized carbons (Fsp3) is 0.286. The molecule has 0 aliphatic rings. The summed E-state index contributed by atoms with van der Waals surface area (Å²) in [4.78, 5) is 27.8. The predicted octanol–water partition coefficient (Wildman–Crippen LogP) is 3.97. The zero-order chi connectivity index (χ0) is 27.7. The molecule has 8 nitrogen and oxygen atoms in total. The summed E-state index contributed by atoms with van der Waals surface area (Å²) in [5.41, 5.74) is 0.780. The standard InChI is InChI=1S/C28H32FN3O5S/c1-4-30-28(34)21(3)31(19-22-15-17-23(29)18-16-22)27(33)20-32(25-13-9-10-14-26(25)37-5-2)38(35,36)24-11-7-6-8-12-24/h6-18,21H,4-5,19-20H2,1-3H3,(H,30,34)/t21-/m0/s1. The monoisotopic (exact) mass is 541 g/mol. The van der Waals surface area contributed by atoms with E-state index in [9.17, 15) is 22.4 Å². The van der Waals surface area contributed by atoms with Crippen molar-refractivity contribution < 1.29 is 27.1 Å². The van der Waals surface area contributed by atoms with Gasteiger partial charge in [-0.1, -0.05) is 42.5 Å². The number of nitrogens with one attached hydrogen (secondary N) is 1. The van der Waals surface area contributed by atoms with Crippen LogP contribution in [-0.4, -0.2) is 50.9 Å². The fourth-order valence-corrected chi connectivity index (χ4v) is 5.31. The number of sulfonamides is 1. The molecule has 10 heteroatoms. The van der Waals surface area contributed by atoms with Crippen LogP contribution in [-0.2, 0) is 26.2 Å². The minimum absolute atomic E-state index is 0.000889. The van der Waals surface area contributed by atoms with Gasteiger partial charge in [0.2, 0.25) is 11.8 Å². The van der Waals surface area contributed by atoms with Gasteiger partial charge in [-0.15, -0.1) is 0 Å². The Kier molecular flexibility index (Phi) is 9.84. The Bertz CT molecular complexity index is 1330. The number of anilines is 1. The number of hydrogen-bond acceptors (Lipinski definition) is 5. The second kappa shape index (κ2) is 13.0. The molecule has 0 radical (unpaired) electrons. The minimum atomic E-state index is -4.20. The van der Waals surface area contributed by atoms with Crippen molar-refractivity contribution in [2.45, 2.75) is 38.3 Å². The molecule has 3 rings (SSSR count). The molecule has 2 amide bonds. The number of amides is 2. The topological polar surface area (TPSA) is 96.0 Å². The van der Waals surface area contributed by atoms with Crippen LogP contribution in [0.4, 0.5) is 10.1 Å². The van der Waals surface area contributed by atoms with Crippen molar-refractivity contribution in [1.82, 2.24) is 10.2 Å². The summed E-state index contributed by atoms with van der Waals surface area (Å²) in [6.45, 7) is 5.13. The van der Waals surface area contributed by atoms with E-state index in [2.05, 4.69) is 5.32 Å². The highest BCUT2D eigenvalue weighted by atomic mass is 32.2. The minimum Gasteiger partial charge on any atom is -0.492 e. The number of carbonyl (C=O) groups excluding carboxylic acids is 2. The van der Waals surface area contributed by atoms with Crippen molar-refractivity contribution in [3.05, 3.63) is 90.2 Å². The first kappa shape index (κ1) is 28.6. The molecule has 0 saturated heterocycles. The average Bonchev–Trinajstić information content (AvgIpc) is 2.92. The molecular formula is C28H32FN3O5S. The molecule has 0 fully saturated rings. The third-order valence-electron chi connectivity index (χ3n) is 5.83. The Labute approximate surface area is 223 Å². The molecule has 202 valence electrons. The van der Waals surface area contributed by atoms with Crippen LogP contribution in [0.25, 0.3) is 0 Å². The fourth-order valence-electron chi connectivity index (χ4n) is 3.86. The van der Waals surface area contributed by atoms with Gasteiger partial charge >= 0.3 is 0 Å². The summed E-state index contributed by atoms with van der Waals surface area (Å²) in [5.74, 6) is -1.14. The van der Waals surface area contributed by atoms with E-state index in [4.69, 9.17) is 4.74 Å². The molecular weight excluding hydrogens is 509 g/mol. The molecule has 1 N–H and O–H groups in total. The number of ether oxygens (including phenoxy) is 1. The van der Waals surface area contributed by atoms with Crippen molar-refractivity contribution >= 4 is 27.5 Å².